The summed E-state index contributed by atoms with van der Waals surface area (Å²) >= 11 is 0. The maximum Gasteiger partial charge on any atom is 0.0672 e. The quantitative estimate of drug-likeness (QED) is 0.764. The SMILES string of the molecule is CCCNC(C)c1c(CC)nn(CCC(C)(C)C)c1CC. The monoisotopic (exact) mass is 293 g/mol. The standard InChI is InChI=1S/C18H35N3/c1-8-12-19-14(4)17-15(9-2)20-21(16(17)10-3)13-11-18(5,6)7/h14,19H,8-13H2,1-7H3. The number of hydrogen-bond acceptors (Lipinski definition) is 2. The number of rotatable bonds is 8. The number of hydrogen-bond donors (Lipinski definition) is 1. The summed E-state index contributed by atoms with van der Waals surface area (Å²) in [6.07, 6.45) is 4.42. The minimum Gasteiger partial charge on any atom is -0.310 e. The Balaban J connectivity index is 3.03. The van der Waals surface area contributed by atoms with Crippen molar-refractivity contribution in [3.05, 3.63) is 17.0 Å². The highest BCUT2D eigenvalue weighted by molar-refractivity contribution is 5.30. The minimum atomic E-state index is 0.357. The first kappa shape index (κ1) is 18.2. The van der Waals surface area contributed by atoms with Crippen molar-refractivity contribution >= 4 is 0 Å². The summed E-state index contributed by atoms with van der Waals surface area (Å²) in [7, 11) is 0. The topological polar surface area (TPSA) is 29.9 Å². The van der Waals surface area contributed by atoms with E-state index < -0.39 is 0 Å². The summed E-state index contributed by atoms with van der Waals surface area (Å²) in [6.45, 7) is 18.0. The molecule has 1 aromatic rings. The van der Waals surface area contributed by atoms with Crippen LogP contribution in [0.4, 0.5) is 0 Å². The Bertz CT molecular complexity index is 426. The van der Waals surface area contributed by atoms with Gasteiger partial charge in [0.25, 0.3) is 0 Å². The molecule has 0 bridgehead atoms. The summed E-state index contributed by atoms with van der Waals surface area (Å²) in [5.74, 6) is 0. The van der Waals surface area contributed by atoms with Gasteiger partial charge in [0.1, 0.15) is 0 Å². The van der Waals surface area contributed by atoms with Crippen LogP contribution in [0, 0.1) is 5.41 Å². The molecule has 0 radical (unpaired) electrons. The third-order valence-electron chi connectivity index (χ3n) is 4.05. The minimum absolute atomic E-state index is 0.357. The summed E-state index contributed by atoms with van der Waals surface area (Å²) in [5, 5.41) is 8.54. The molecule has 0 aromatic carbocycles. The molecule has 0 saturated heterocycles. The molecule has 1 heterocycles. The lowest BCUT2D eigenvalue weighted by Crippen LogP contribution is -2.21. The molecule has 122 valence electrons. The van der Waals surface area contributed by atoms with Crippen LogP contribution in [0.25, 0.3) is 0 Å². The smallest absolute Gasteiger partial charge is 0.0672 e. The molecule has 3 heteroatoms. The van der Waals surface area contributed by atoms with Gasteiger partial charge in [0.2, 0.25) is 0 Å². The molecule has 0 aliphatic heterocycles. The van der Waals surface area contributed by atoms with Crippen molar-refractivity contribution in [3.8, 4) is 0 Å². The van der Waals surface area contributed by atoms with Crippen LogP contribution in [0.3, 0.4) is 0 Å². The molecule has 3 nitrogen and oxygen atoms in total. The molecule has 1 unspecified atom stereocenters. The Hall–Kier alpha value is -0.830. The van der Waals surface area contributed by atoms with Crippen LogP contribution in [-0.4, -0.2) is 16.3 Å². The number of nitrogens with zero attached hydrogens (tertiary/aromatic N) is 2. The van der Waals surface area contributed by atoms with Crippen molar-refractivity contribution < 1.29 is 0 Å². The summed E-state index contributed by atoms with van der Waals surface area (Å²) in [5.41, 5.74) is 4.50. The number of aromatic nitrogens is 2. The van der Waals surface area contributed by atoms with Gasteiger partial charge in [0, 0.05) is 23.8 Å². The Morgan fingerprint density at radius 2 is 1.81 bits per heavy atom. The van der Waals surface area contributed by atoms with Crippen LogP contribution >= 0.6 is 0 Å². The Labute approximate surface area is 131 Å². The number of nitrogens with one attached hydrogen (secondary N) is 1. The highest BCUT2D eigenvalue weighted by atomic mass is 15.3. The average Bonchev–Trinajstić information content (AvgIpc) is 2.79. The van der Waals surface area contributed by atoms with Gasteiger partial charge in [-0.1, -0.05) is 41.5 Å². The van der Waals surface area contributed by atoms with Crippen molar-refractivity contribution in [1.29, 1.82) is 0 Å². The zero-order chi connectivity index (χ0) is 16.0. The van der Waals surface area contributed by atoms with E-state index in [-0.39, 0.29) is 0 Å². The van der Waals surface area contributed by atoms with Crippen molar-refractivity contribution in [1.82, 2.24) is 15.1 Å². The molecular weight excluding hydrogens is 258 g/mol. The molecule has 1 N–H and O–H groups in total. The van der Waals surface area contributed by atoms with Crippen LogP contribution in [0.15, 0.2) is 0 Å². The van der Waals surface area contributed by atoms with Crippen LogP contribution < -0.4 is 5.32 Å². The Morgan fingerprint density at radius 3 is 2.29 bits per heavy atom. The van der Waals surface area contributed by atoms with Crippen molar-refractivity contribution in [2.75, 3.05) is 6.54 Å². The fourth-order valence-electron chi connectivity index (χ4n) is 2.79. The molecule has 1 rings (SSSR count). The molecular formula is C18H35N3. The molecule has 1 atom stereocenters. The van der Waals surface area contributed by atoms with E-state index in [2.05, 4.69) is 58.5 Å². The fraction of sp³-hybridized carbons (Fsp3) is 0.833. The van der Waals surface area contributed by atoms with E-state index in [9.17, 15) is 0 Å². The van der Waals surface area contributed by atoms with E-state index in [1.54, 1.807) is 0 Å². The van der Waals surface area contributed by atoms with E-state index in [4.69, 9.17) is 5.10 Å². The van der Waals surface area contributed by atoms with E-state index in [1.807, 2.05) is 0 Å². The molecule has 0 fully saturated rings. The second-order valence-corrected chi connectivity index (χ2v) is 7.22. The molecule has 1 aromatic heterocycles. The van der Waals surface area contributed by atoms with Crippen molar-refractivity contribution in [2.45, 2.75) is 86.7 Å². The average molecular weight is 293 g/mol. The van der Waals surface area contributed by atoms with Gasteiger partial charge in [-0.3, -0.25) is 4.68 Å². The normalized spacial score (nSPS) is 13.7. The van der Waals surface area contributed by atoms with Gasteiger partial charge in [-0.15, -0.1) is 0 Å². The van der Waals surface area contributed by atoms with Gasteiger partial charge < -0.3 is 5.32 Å². The third kappa shape index (κ3) is 5.14. The van der Waals surface area contributed by atoms with E-state index in [0.29, 0.717) is 11.5 Å². The Kier molecular flexibility index (Phi) is 6.92. The van der Waals surface area contributed by atoms with Gasteiger partial charge in [-0.05, 0) is 44.6 Å². The first-order valence-corrected chi connectivity index (χ1v) is 8.65. The Morgan fingerprint density at radius 1 is 1.14 bits per heavy atom. The highest BCUT2D eigenvalue weighted by Gasteiger charge is 2.21. The molecule has 0 amide bonds. The lowest BCUT2D eigenvalue weighted by Gasteiger charge is -2.19. The lowest BCUT2D eigenvalue weighted by molar-refractivity contribution is 0.337. The predicted molar refractivity (Wildman–Crippen MR) is 91.8 cm³/mol. The summed E-state index contributed by atoms with van der Waals surface area (Å²) in [6, 6.07) is 0.401. The summed E-state index contributed by atoms with van der Waals surface area (Å²) in [4.78, 5) is 0. The van der Waals surface area contributed by atoms with Crippen LogP contribution in [-0.2, 0) is 19.4 Å². The predicted octanol–water partition coefficient (Wildman–Crippen LogP) is 4.50. The number of aryl methyl sites for hydroxylation is 2. The van der Waals surface area contributed by atoms with Gasteiger partial charge >= 0.3 is 0 Å². The molecule has 0 saturated carbocycles. The third-order valence-corrected chi connectivity index (χ3v) is 4.05. The van der Waals surface area contributed by atoms with Gasteiger partial charge in [0.15, 0.2) is 0 Å². The zero-order valence-corrected chi connectivity index (χ0v) is 15.2. The molecule has 21 heavy (non-hydrogen) atoms. The van der Waals surface area contributed by atoms with Crippen LogP contribution in [0.5, 0.6) is 0 Å². The zero-order valence-electron chi connectivity index (χ0n) is 15.2. The highest BCUT2D eigenvalue weighted by Crippen LogP contribution is 2.26. The second kappa shape index (κ2) is 7.98. The van der Waals surface area contributed by atoms with Crippen molar-refractivity contribution in [3.63, 3.8) is 0 Å². The van der Waals surface area contributed by atoms with Crippen LogP contribution in [0.1, 0.15) is 84.3 Å². The summed E-state index contributed by atoms with van der Waals surface area (Å²) < 4.78 is 2.27. The molecule has 0 spiro atoms. The maximum absolute atomic E-state index is 4.91. The first-order valence-electron chi connectivity index (χ1n) is 8.65. The van der Waals surface area contributed by atoms with Gasteiger partial charge in [0.05, 0.1) is 5.69 Å². The van der Waals surface area contributed by atoms with Crippen molar-refractivity contribution in [2.24, 2.45) is 5.41 Å². The first-order chi connectivity index (χ1) is 9.84. The molecule has 0 aliphatic carbocycles. The van der Waals surface area contributed by atoms with Gasteiger partial charge in [-0.2, -0.15) is 5.10 Å². The van der Waals surface area contributed by atoms with Gasteiger partial charge in [-0.25, -0.2) is 0 Å². The van der Waals surface area contributed by atoms with E-state index in [1.165, 1.54) is 29.8 Å². The van der Waals surface area contributed by atoms with Crippen LogP contribution in [0.2, 0.25) is 0 Å². The second-order valence-electron chi connectivity index (χ2n) is 7.22. The largest absolute Gasteiger partial charge is 0.310 e. The lowest BCUT2D eigenvalue weighted by atomic mass is 9.92. The van der Waals surface area contributed by atoms with E-state index in [0.717, 1.165) is 25.9 Å². The molecule has 0 aliphatic rings. The van der Waals surface area contributed by atoms with E-state index >= 15 is 0 Å². The maximum atomic E-state index is 4.91. The fourth-order valence-corrected chi connectivity index (χ4v) is 2.79.